The zero-order valence-corrected chi connectivity index (χ0v) is 9.10. The van der Waals surface area contributed by atoms with Crippen LogP contribution in [-0.2, 0) is 0 Å². The topological polar surface area (TPSA) is 12.9 Å². The van der Waals surface area contributed by atoms with Crippen molar-refractivity contribution in [3.8, 4) is 0 Å². The molecule has 1 aromatic heterocycles. The molecule has 0 aliphatic carbocycles. The van der Waals surface area contributed by atoms with E-state index in [1.165, 1.54) is 16.8 Å². The monoisotopic (exact) mass is 283 g/mol. The number of fused-ring (bicyclic) bond motifs is 1. The molecular weight excluding hydrogens is 284 g/mol. The first-order valence-electron chi connectivity index (χ1n) is 3.18. The van der Waals surface area contributed by atoms with E-state index in [9.17, 15) is 8.78 Å². The third-order valence-corrected chi connectivity index (χ3v) is 3.59. The Morgan fingerprint density at radius 2 is 2.08 bits per heavy atom. The van der Waals surface area contributed by atoms with Crippen LogP contribution in [0.2, 0.25) is 5.02 Å². The molecule has 1 heterocycles. The summed E-state index contributed by atoms with van der Waals surface area (Å²) >= 11 is 9.67. The minimum absolute atomic E-state index is 0.0191. The van der Waals surface area contributed by atoms with Crippen LogP contribution in [0.15, 0.2) is 9.98 Å². The first-order valence-corrected chi connectivity index (χ1v) is 5.23. The highest BCUT2D eigenvalue weighted by atomic mass is 79.9. The molecule has 0 atom stereocenters. The summed E-state index contributed by atoms with van der Waals surface area (Å²) in [6.07, 6.45) is 0. The lowest BCUT2D eigenvalue weighted by Crippen LogP contribution is -1.88. The summed E-state index contributed by atoms with van der Waals surface area (Å²) < 4.78 is 26.6. The van der Waals surface area contributed by atoms with Gasteiger partial charge < -0.3 is 0 Å². The zero-order chi connectivity index (χ0) is 9.59. The van der Waals surface area contributed by atoms with Crippen molar-refractivity contribution in [2.45, 2.75) is 0 Å². The number of halogens is 4. The lowest BCUT2D eigenvalue weighted by Gasteiger charge is -2.00. The van der Waals surface area contributed by atoms with E-state index < -0.39 is 11.6 Å². The van der Waals surface area contributed by atoms with E-state index in [1.807, 2.05) is 0 Å². The van der Waals surface area contributed by atoms with Gasteiger partial charge in [0.2, 0.25) is 0 Å². The predicted octanol–water partition coefficient (Wildman–Crippen LogP) is 3.99. The zero-order valence-electron chi connectivity index (χ0n) is 5.94. The molecule has 0 aliphatic rings. The molecule has 6 heteroatoms. The molecule has 1 aromatic carbocycles. The molecule has 2 aromatic rings. The van der Waals surface area contributed by atoms with Crippen LogP contribution in [0.3, 0.4) is 0 Å². The van der Waals surface area contributed by atoms with Crippen LogP contribution >= 0.6 is 38.9 Å². The summed E-state index contributed by atoms with van der Waals surface area (Å²) in [7, 11) is 0. The molecule has 0 fully saturated rings. The first-order chi connectivity index (χ1) is 6.13. The highest BCUT2D eigenvalue weighted by Gasteiger charge is 2.18. The van der Waals surface area contributed by atoms with Crippen LogP contribution in [-0.4, -0.2) is 4.98 Å². The van der Waals surface area contributed by atoms with Crippen molar-refractivity contribution in [3.63, 3.8) is 0 Å². The average Bonchev–Trinajstić information content (AvgIpc) is 2.59. The van der Waals surface area contributed by atoms with Crippen LogP contribution in [0.5, 0.6) is 0 Å². The Balaban J connectivity index is 3.02. The number of aromatic nitrogens is 1. The second kappa shape index (κ2) is 3.15. The summed E-state index contributed by atoms with van der Waals surface area (Å²) in [5, 5.41) is -0.210. The quantitative estimate of drug-likeness (QED) is 0.526. The normalized spacial score (nSPS) is 11.1. The molecule has 0 bridgehead atoms. The first kappa shape index (κ1) is 9.30. The second-order valence-electron chi connectivity index (χ2n) is 2.29. The smallest absolute Gasteiger partial charge is 0.180 e. The van der Waals surface area contributed by atoms with Crippen molar-refractivity contribution in [2.24, 2.45) is 0 Å². The van der Waals surface area contributed by atoms with Crippen molar-refractivity contribution in [1.29, 1.82) is 0 Å². The number of hydrogen-bond donors (Lipinski definition) is 0. The highest BCUT2D eigenvalue weighted by Crippen LogP contribution is 2.36. The molecule has 0 saturated heterocycles. The van der Waals surface area contributed by atoms with Crippen LogP contribution in [0.4, 0.5) is 8.78 Å². The molecular formula is C7HBrClF2NS. The summed E-state index contributed by atoms with van der Waals surface area (Å²) in [6.45, 7) is 0. The summed E-state index contributed by atoms with van der Waals surface area (Å²) in [4.78, 5) is 3.86. The van der Waals surface area contributed by atoms with Gasteiger partial charge in [-0.1, -0.05) is 11.6 Å². The third kappa shape index (κ3) is 1.26. The van der Waals surface area contributed by atoms with Gasteiger partial charge in [0.25, 0.3) is 0 Å². The van der Waals surface area contributed by atoms with E-state index in [0.29, 0.717) is 10.2 Å². The fourth-order valence-electron chi connectivity index (χ4n) is 0.955. The predicted molar refractivity (Wildman–Crippen MR) is 52.2 cm³/mol. The van der Waals surface area contributed by atoms with Crippen molar-refractivity contribution in [3.05, 3.63) is 26.6 Å². The molecule has 0 aliphatic heterocycles. The number of thiazole rings is 1. The van der Waals surface area contributed by atoms with Crippen LogP contribution < -0.4 is 0 Å². The molecule has 0 saturated carbocycles. The maximum Gasteiger partial charge on any atom is 0.180 e. The van der Waals surface area contributed by atoms with Crippen LogP contribution in [0, 0.1) is 11.6 Å². The van der Waals surface area contributed by atoms with Crippen LogP contribution in [0.1, 0.15) is 0 Å². The lowest BCUT2D eigenvalue weighted by molar-refractivity contribution is 0.507. The highest BCUT2D eigenvalue weighted by molar-refractivity contribution is 9.10. The standard InChI is InChI=1S/C7HBrClF2NS/c8-2-4(10)5(11)3(9)7-6(2)12-1-13-7/h1H. The van der Waals surface area contributed by atoms with E-state index in [1.54, 1.807) is 0 Å². The van der Waals surface area contributed by atoms with Gasteiger partial charge in [0.1, 0.15) is 5.52 Å². The SMILES string of the molecule is Fc1c(F)c(Cl)c2scnc2c1Br. The van der Waals surface area contributed by atoms with E-state index in [-0.39, 0.29) is 9.50 Å². The fraction of sp³-hybridized carbons (Fsp3) is 0. The minimum atomic E-state index is -1.04. The summed E-state index contributed by atoms with van der Waals surface area (Å²) in [5.41, 5.74) is 1.84. The lowest BCUT2D eigenvalue weighted by atomic mass is 10.3. The van der Waals surface area contributed by atoms with Gasteiger partial charge in [-0.05, 0) is 15.9 Å². The number of hydrogen-bond acceptors (Lipinski definition) is 2. The Kier molecular flexibility index (Phi) is 2.25. The summed E-state index contributed by atoms with van der Waals surface area (Å²) in [6, 6.07) is 0. The van der Waals surface area contributed by atoms with Gasteiger partial charge in [-0.2, -0.15) is 0 Å². The van der Waals surface area contributed by atoms with Gasteiger partial charge in [0, 0.05) is 0 Å². The molecule has 2 rings (SSSR count). The Morgan fingerprint density at radius 1 is 1.38 bits per heavy atom. The second-order valence-corrected chi connectivity index (χ2v) is 4.31. The Hall–Kier alpha value is -0.260. The molecule has 0 radical (unpaired) electrons. The minimum Gasteiger partial charge on any atom is -0.243 e. The Morgan fingerprint density at radius 3 is 2.77 bits per heavy atom. The van der Waals surface area contributed by atoms with Crippen LogP contribution in [0.25, 0.3) is 10.2 Å². The number of rotatable bonds is 0. The third-order valence-electron chi connectivity index (χ3n) is 1.55. The fourth-order valence-corrected chi connectivity index (χ4v) is 2.59. The molecule has 0 unspecified atom stereocenters. The molecule has 0 N–H and O–H groups in total. The Labute approximate surface area is 89.5 Å². The van der Waals surface area contributed by atoms with Crippen molar-refractivity contribution >= 4 is 49.1 Å². The largest absolute Gasteiger partial charge is 0.243 e. The van der Waals surface area contributed by atoms with Gasteiger partial charge in [-0.3, -0.25) is 0 Å². The van der Waals surface area contributed by atoms with E-state index in [4.69, 9.17) is 11.6 Å². The number of nitrogens with zero attached hydrogens (tertiary/aromatic N) is 1. The van der Waals surface area contributed by atoms with Gasteiger partial charge in [-0.25, -0.2) is 13.8 Å². The van der Waals surface area contributed by atoms with Gasteiger partial charge in [0.05, 0.1) is 19.7 Å². The maximum atomic E-state index is 13.1. The Bertz CT molecular complexity index is 443. The van der Waals surface area contributed by atoms with E-state index in [0.717, 1.165) is 0 Å². The molecule has 0 amide bonds. The van der Waals surface area contributed by atoms with Crippen molar-refractivity contribution in [2.75, 3.05) is 0 Å². The van der Waals surface area contributed by atoms with Gasteiger partial charge >= 0.3 is 0 Å². The number of benzene rings is 1. The summed E-state index contributed by atoms with van der Waals surface area (Å²) in [5.74, 6) is -2.03. The molecule has 0 spiro atoms. The maximum absolute atomic E-state index is 13.1. The van der Waals surface area contributed by atoms with Gasteiger partial charge in [0.15, 0.2) is 11.6 Å². The van der Waals surface area contributed by atoms with E-state index >= 15 is 0 Å². The average molecular weight is 285 g/mol. The molecule has 13 heavy (non-hydrogen) atoms. The van der Waals surface area contributed by atoms with Gasteiger partial charge in [-0.15, -0.1) is 11.3 Å². The molecule has 1 nitrogen and oxygen atoms in total. The van der Waals surface area contributed by atoms with Crippen molar-refractivity contribution < 1.29 is 8.78 Å². The van der Waals surface area contributed by atoms with Crippen molar-refractivity contribution in [1.82, 2.24) is 4.98 Å². The van der Waals surface area contributed by atoms with E-state index in [2.05, 4.69) is 20.9 Å². The molecule has 68 valence electrons.